The van der Waals surface area contributed by atoms with E-state index in [1.807, 2.05) is 18.2 Å². The standard InChI is InChI=1S/C24H24NO2/c1-25-14-13-20-15-23(27-17-18-9-5-3-6-10-18)22(26-2)16-21(20)24(25)19-11-7-4-8-12-19/h3-12,15-16H,13-14,17H2,1-2H3/q+1. The van der Waals surface area contributed by atoms with Crippen LogP contribution in [-0.4, -0.2) is 31.0 Å². The fourth-order valence-corrected chi connectivity index (χ4v) is 3.61. The largest absolute Gasteiger partial charge is 0.493 e. The minimum absolute atomic E-state index is 0.533. The fraction of sp³-hybridized carbons (Fsp3) is 0.208. The lowest BCUT2D eigenvalue weighted by Gasteiger charge is -2.20. The smallest absolute Gasteiger partial charge is 0.214 e. The molecule has 1 aliphatic rings. The van der Waals surface area contributed by atoms with Gasteiger partial charge in [-0.3, -0.25) is 0 Å². The van der Waals surface area contributed by atoms with Gasteiger partial charge in [0.15, 0.2) is 11.5 Å². The molecular formula is C24H24NO2+. The van der Waals surface area contributed by atoms with Gasteiger partial charge in [-0.1, -0.05) is 48.5 Å². The lowest BCUT2D eigenvalue weighted by atomic mass is 9.92. The van der Waals surface area contributed by atoms with E-state index in [0.717, 1.165) is 30.0 Å². The van der Waals surface area contributed by atoms with E-state index in [1.54, 1.807) is 7.11 Å². The molecule has 136 valence electrons. The molecule has 1 heterocycles. The molecule has 4 rings (SSSR count). The molecule has 0 aliphatic carbocycles. The number of likely N-dealkylation sites (N-methyl/N-ethyl adjacent to an activating group) is 1. The van der Waals surface area contributed by atoms with Gasteiger partial charge in [0.1, 0.15) is 20.2 Å². The zero-order chi connectivity index (χ0) is 18.6. The number of fused-ring (bicyclic) bond motifs is 1. The molecule has 0 N–H and O–H groups in total. The van der Waals surface area contributed by atoms with Crippen LogP contribution < -0.4 is 9.47 Å². The lowest BCUT2D eigenvalue weighted by molar-refractivity contribution is -0.497. The zero-order valence-electron chi connectivity index (χ0n) is 15.8. The van der Waals surface area contributed by atoms with Crippen molar-refractivity contribution in [3.8, 4) is 11.5 Å². The van der Waals surface area contributed by atoms with Crippen LogP contribution in [0.2, 0.25) is 0 Å². The van der Waals surface area contributed by atoms with Gasteiger partial charge in [-0.15, -0.1) is 0 Å². The molecule has 0 bridgehead atoms. The second kappa shape index (κ2) is 7.67. The van der Waals surface area contributed by atoms with Crippen molar-refractivity contribution in [2.45, 2.75) is 13.0 Å². The molecule has 3 nitrogen and oxygen atoms in total. The second-order valence-electron chi connectivity index (χ2n) is 6.82. The summed E-state index contributed by atoms with van der Waals surface area (Å²) in [6.07, 6.45) is 0.994. The van der Waals surface area contributed by atoms with Crippen LogP contribution in [0.5, 0.6) is 11.5 Å². The van der Waals surface area contributed by atoms with Crippen LogP contribution in [0.1, 0.15) is 22.3 Å². The molecular weight excluding hydrogens is 334 g/mol. The summed E-state index contributed by atoms with van der Waals surface area (Å²) >= 11 is 0. The summed E-state index contributed by atoms with van der Waals surface area (Å²) in [7, 11) is 3.85. The van der Waals surface area contributed by atoms with E-state index < -0.39 is 0 Å². The molecule has 1 aliphatic heterocycles. The average Bonchev–Trinajstić information content (AvgIpc) is 2.73. The van der Waals surface area contributed by atoms with E-state index >= 15 is 0 Å². The SMILES string of the molecule is COc1cc2c(cc1OCc1ccccc1)CC[N+](C)=C2c1ccccc1. The van der Waals surface area contributed by atoms with Crippen LogP contribution in [0.15, 0.2) is 72.8 Å². The van der Waals surface area contributed by atoms with E-state index in [-0.39, 0.29) is 0 Å². The molecule has 0 amide bonds. The number of hydrogen-bond acceptors (Lipinski definition) is 2. The fourth-order valence-electron chi connectivity index (χ4n) is 3.61. The van der Waals surface area contributed by atoms with Crippen LogP contribution in [0, 0.1) is 0 Å². The number of rotatable bonds is 5. The zero-order valence-corrected chi connectivity index (χ0v) is 15.8. The Morgan fingerprint density at radius 1 is 0.889 bits per heavy atom. The highest BCUT2D eigenvalue weighted by Crippen LogP contribution is 2.34. The normalized spacial score (nSPS) is 13.3. The maximum atomic E-state index is 6.10. The first-order valence-corrected chi connectivity index (χ1v) is 9.28. The van der Waals surface area contributed by atoms with Crippen molar-refractivity contribution in [1.82, 2.24) is 0 Å². The molecule has 27 heavy (non-hydrogen) atoms. The maximum absolute atomic E-state index is 6.10. The van der Waals surface area contributed by atoms with E-state index in [4.69, 9.17) is 9.47 Å². The third-order valence-electron chi connectivity index (χ3n) is 5.03. The summed E-state index contributed by atoms with van der Waals surface area (Å²) in [6, 6.07) is 25.0. The summed E-state index contributed by atoms with van der Waals surface area (Å²) in [5.41, 5.74) is 6.13. The number of ether oxygens (including phenoxy) is 2. The predicted molar refractivity (Wildman–Crippen MR) is 108 cm³/mol. The maximum Gasteiger partial charge on any atom is 0.214 e. The molecule has 0 saturated heterocycles. The Hall–Kier alpha value is -3.07. The third-order valence-corrected chi connectivity index (χ3v) is 5.03. The van der Waals surface area contributed by atoms with Gasteiger partial charge in [0, 0.05) is 12.0 Å². The molecule has 0 fully saturated rings. The molecule has 3 heteroatoms. The first-order chi connectivity index (χ1) is 13.3. The summed E-state index contributed by atoms with van der Waals surface area (Å²) in [4.78, 5) is 0. The van der Waals surface area contributed by atoms with Crippen molar-refractivity contribution in [2.24, 2.45) is 0 Å². The van der Waals surface area contributed by atoms with Crippen molar-refractivity contribution in [3.05, 3.63) is 95.1 Å². The topological polar surface area (TPSA) is 21.5 Å². The molecule has 0 saturated carbocycles. The highest BCUT2D eigenvalue weighted by molar-refractivity contribution is 6.11. The summed E-state index contributed by atoms with van der Waals surface area (Å²) in [5.74, 6) is 1.57. The lowest BCUT2D eigenvalue weighted by Crippen LogP contribution is -2.28. The summed E-state index contributed by atoms with van der Waals surface area (Å²) < 4.78 is 14.1. The Labute approximate surface area is 160 Å². The van der Waals surface area contributed by atoms with Gasteiger partial charge in [-0.2, -0.15) is 0 Å². The van der Waals surface area contributed by atoms with Crippen LogP contribution in [-0.2, 0) is 13.0 Å². The minimum Gasteiger partial charge on any atom is -0.493 e. The molecule has 3 aromatic carbocycles. The van der Waals surface area contributed by atoms with E-state index in [9.17, 15) is 0 Å². The number of hydrogen-bond donors (Lipinski definition) is 0. The Morgan fingerprint density at radius 2 is 1.59 bits per heavy atom. The summed E-state index contributed by atoms with van der Waals surface area (Å²) in [5, 5.41) is 0. The highest BCUT2D eigenvalue weighted by Gasteiger charge is 2.27. The van der Waals surface area contributed by atoms with Crippen LogP contribution in [0.4, 0.5) is 0 Å². The van der Waals surface area contributed by atoms with Crippen molar-refractivity contribution in [1.29, 1.82) is 0 Å². The molecule has 0 aromatic heterocycles. The highest BCUT2D eigenvalue weighted by atomic mass is 16.5. The quantitative estimate of drug-likeness (QED) is 0.634. The van der Waals surface area contributed by atoms with Crippen molar-refractivity contribution >= 4 is 5.71 Å². The van der Waals surface area contributed by atoms with Crippen molar-refractivity contribution < 1.29 is 14.0 Å². The molecule has 0 spiro atoms. The molecule has 0 radical (unpaired) electrons. The first-order valence-electron chi connectivity index (χ1n) is 9.28. The van der Waals surface area contributed by atoms with Crippen LogP contribution >= 0.6 is 0 Å². The van der Waals surface area contributed by atoms with Crippen molar-refractivity contribution in [3.63, 3.8) is 0 Å². The number of benzene rings is 3. The first kappa shape index (κ1) is 17.3. The number of methoxy groups -OCH3 is 1. The van der Waals surface area contributed by atoms with Gasteiger partial charge in [-0.05, 0) is 35.4 Å². The Bertz CT molecular complexity index is 962. The van der Waals surface area contributed by atoms with E-state index in [2.05, 4.69) is 66.2 Å². The molecule has 0 unspecified atom stereocenters. The molecule has 3 aromatic rings. The van der Waals surface area contributed by atoms with Gasteiger partial charge in [0.05, 0.1) is 12.7 Å². The van der Waals surface area contributed by atoms with Gasteiger partial charge in [0.25, 0.3) is 0 Å². The van der Waals surface area contributed by atoms with Gasteiger partial charge in [0.2, 0.25) is 5.71 Å². The second-order valence-corrected chi connectivity index (χ2v) is 6.82. The monoisotopic (exact) mass is 358 g/mol. The van der Waals surface area contributed by atoms with Gasteiger partial charge < -0.3 is 9.47 Å². The minimum atomic E-state index is 0.533. The predicted octanol–water partition coefficient (Wildman–Crippen LogP) is 4.31. The Morgan fingerprint density at radius 3 is 2.30 bits per heavy atom. The Balaban J connectivity index is 1.70. The van der Waals surface area contributed by atoms with Gasteiger partial charge >= 0.3 is 0 Å². The van der Waals surface area contributed by atoms with Crippen LogP contribution in [0.25, 0.3) is 0 Å². The number of nitrogens with zero attached hydrogens (tertiary/aromatic N) is 1. The van der Waals surface area contributed by atoms with Crippen molar-refractivity contribution in [2.75, 3.05) is 20.7 Å². The average molecular weight is 358 g/mol. The van der Waals surface area contributed by atoms with Crippen LogP contribution in [0.3, 0.4) is 0 Å². The summed E-state index contributed by atoms with van der Waals surface area (Å²) in [6.45, 7) is 1.52. The van der Waals surface area contributed by atoms with E-state index in [0.29, 0.717) is 6.61 Å². The third kappa shape index (κ3) is 3.59. The Kier molecular flexibility index (Phi) is 4.93. The molecule has 0 atom stereocenters. The van der Waals surface area contributed by atoms with Gasteiger partial charge in [-0.25, -0.2) is 4.58 Å². The van der Waals surface area contributed by atoms with E-state index in [1.165, 1.54) is 22.4 Å².